The van der Waals surface area contributed by atoms with E-state index < -0.39 is 31.2 Å². The van der Waals surface area contributed by atoms with Crippen LogP contribution in [0, 0.1) is 5.82 Å². The Labute approximate surface area is 172 Å². The second kappa shape index (κ2) is 9.30. The maximum absolute atomic E-state index is 13.1. The third-order valence-electron chi connectivity index (χ3n) is 4.63. The molecule has 0 unspecified atom stereocenters. The van der Waals surface area contributed by atoms with Gasteiger partial charge in [0.1, 0.15) is 16.9 Å². The molecule has 0 aliphatic heterocycles. The van der Waals surface area contributed by atoms with Crippen LogP contribution in [0.25, 0.3) is 11.0 Å². The summed E-state index contributed by atoms with van der Waals surface area (Å²) in [4.78, 5) is 47.1. The lowest BCUT2D eigenvalue weighted by atomic mass is 10.1. The summed E-state index contributed by atoms with van der Waals surface area (Å²) in [6, 6.07) is 7.72. The molecule has 0 radical (unpaired) electrons. The van der Waals surface area contributed by atoms with Gasteiger partial charge in [0.15, 0.2) is 14.1 Å². The van der Waals surface area contributed by atoms with E-state index in [9.17, 15) is 19.1 Å². The number of nitrogens with one attached hydrogen (secondary N) is 1. The first-order chi connectivity index (χ1) is 14.3. The fraction of sp³-hybridized carbons (Fsp3) is 0.250. The molecule has 0 aliphatic carbocycles. The molecule has 0 bridgehead atoms. The zero-order valence-corrected chi connectivity index (χ0v) is 17.1. The number of aromatic nitrogens is 2. The summed E-state index contributed by atoms with van der Waals surface area (Å²) in [5.41, 5.74) is 0.991. The lowest BCUT2D eigenvalue weighted by molar-refractivity contribution is 0.0949. The minimum absolute atomic E-state index is 0.111. The van der Waals surface area contributed by atoms with Crippen molar-refractivity contribution in [1.82, 2.24) is 14.9 Å². The number of halogens is 1. The number of amides is 1. The summed E-state index contributed by atoms with van der Waals surface area (Å²) in [6.07, 6.45) is 2.45. The molecule has 4 N–H and O–H groups in total. The van der Waals surface area contributed by atoms with E-state index in [1.165, 1.54) is 29.9 Å². The van der Waals surface area contributed by atoms with Crippen LogP contribution in [-0.2, 0) is 13.5 Å². The standard InChI is InChI=1S/C20H21FN3O5P/c1-24-15-10-13(9-12-3-5-14(21)6-4-12)11-23-17(15)18(25)16(20(24)27)19(26)22-7-2-8-30(28)29/h3-6,10-11,25,28-29H,2,7-9H2,1H3,(H,22,26). The number of hydrogen-bond acceptors (Lipinski definition) is 6. The Morgan fingerprint density at radius 2 is 1.93 bits per heavy atom. The summed E-state index contributed by atoms with van der Waals surface area (Å²) < 4.78 is 14.3. The van der Waals surface area contributed by atoms with Gasteiger partial charge in [-0.1, -0.05) is 12.1 Å². The van der Waals surface area contributed by atoms with Gasteiger partial charge in [-0.15, -0.1) is 0 Å². The third-order valence-corrected chi connectivity index (χ3v) is 5.35. The summed E-state index contributed by atoms with van der Waals surface area (Å²) in [5.74, 6) is -1.60. The van der Waals surface area contributed by atoms with Gasteiger partial charge in [-0.3, -0.25) is 14.6 Å². The van der Waals surface area contributed by atoms with E-state index in [2.05, 4.69) is 10.3 Å². The van der Waals surface area contributed by atoms with Crippen LogP contribution in [0.15, 0.2) is 41.3 Å². The van der Waals surface area contributed by atoms with Gasteiger partial charge in [0.05, 0.1) is 5.52 Å². The fourth-order valence-corrected chi connectivity index (χ4v) is 3.52. The van der Waals surface area contributed by atoms with Gasteiger partial charge in [-0.2, -0.15) is 0 Å². The molecule has 158 valence electrons. The van der Waals surface area contributed by atoms with Crippen molar-refractivity contribution < 1.29 is 24.1 Å². The highest BCUT2D eigenvalue weighted by molar-refractivity contribution is 7.45. The zero-order valence-electron chi connectivity index (χ0n) is 16.2. The van der Waals surface area contributed by atoms with Crippen molar-refractivity contribution in [2.45, 2.75) is 12.8 Å². The molecule has 1 aromatic carbocycles. The first-order valence-corrected chi connectivity index (χ1v) is 10.6. The van der Waals surface area contributed by atoms with Crippen molar-refractivity contribution in [2.75, 3.05) is 12.7 Å². The van der Waals surface area contributed by atoms with Gasteiger partial charge in [0.25, 0.3) is 11.5 Å². The molecule has 2 heterocycles. The molecule has 1 amide bonds. The van der Waals surface area contributed by atoms with E-state index in [0.29, 0.717) is 18.4 Å². The highest BCUT2D eigenvalue weighted by Crippen LogP contribution is 2.26. The van der Waals surface area contributed by atoms with E-state index in [0.717, 1.165) is 11.1 Å². The average molecular weight is 433 g/mol. The molecule has 3 aromatic rings. The van der Waals surface area contributed by atoms with Crippen molar-refractivity contribution in [3.63, 3.8) is 0 Å². The van der Waals surface area contributed by atoms with E-state index >= 15 is 0 Å². The summed E-state index contributed by atoms with van der Waals surface area (Å²) in [7, 11) is -0.564. The van der Waals surface area contributed by atoms with Crippen LogP contribution in [0.4, 0.5) is 4.39 Å². The monoisotopic (exact) mass is 433 g/mol. The Bertz CT molecular complexity index is 1130. The average Bonchev–Trinajstić information content (AvgIpc) is 2.71. The number of rotatable bonds is 7. The minimum Gasteiger partial charge on any atom is -0.505 e. The molecule has 30 heavy (non-hydrogen) atoms. The van der Waals surface area contributed by atoms with Gasteiger partial charge < -0.3 is 24.8 Å². The summed E-state index contributed by atoms with van der Waals surface area (Å²) in [5, 5.41) is 13.0. The van der Waals surface area contributed by atoms with Crippen molar-refractivity contribution in [1.29, 1.82) is 0 Å². The Hall–Kier alpha value is -2.87. The van der Waals surface area contributed by atoms with Crippen molar-refractivity contribution in [3.8, 4) is 5.75 Å². The number of nitrogens with zero attached hydrogens (tertiary/aromatic N) is 2. The minimum atomic E-state index is -2.05. The largest absolute Gasteiger partial charge is 0.505 e. The first kappa shape index (κ1) is 21.8. The van der Waals surface area contributed by atoms with E-state index in [-0.39, 0.29) is 24.0 Å². The number of carbonyl (C=O) groups is 1. The number of fused-ring (bicyclic) bond motifs is 1. The van der Waals surface area contributed by atoms with E-state index in [1.807, 2.05) is 0 Å². The zero-order chi connectivity index (χ0) is 21.8. The molecule has 0 atom stereocenters. The Balaban J connectivity index is 1.90. The number of pyridine rings is 2. The molecular weight excluding hydrogens is 412 g/mol. The molecule has 0 aliphatic rings. The van der Waals surface area contributed by atoms with Crippen LogP contribution < -0.4 is 10.9 Å². The first-order valence-electron chi connectivity index (χ1n) is 9.16. The van der Waals surface area contributed by atoms with E-state index in [4.69, 9.17) is 9.79 Å². The van der Waals surface area contributed by atoms with Crippen LogP contribution >= 0.6 is 8.38 Å². The van der Waals surface area contributed by atoms with Crippen LogP contribution in [0.2, 0.25) is 0 Å². The smallest absolute Gasteiger partial charge is 0.267 e. The van der Waals surface area contributed by atoms with Crippen LogP contribution in [-0.4, -0.2) is 43.1 Å². The molecule has 0 fully saturated rings. The molecule has 0 saturated carbocycles. The molecule has 0 saturated heterocycles. The normalized spacial score (nSPS) is 11.2. The van der Waals surface area contributed by atoms with Gasteiger partial charge in [-0.25, -0.2) is 4.39 Å². The predicted molar refractivity (Wildman–Crippen MR) is 111 cm³/mol. The van der Waals surface area contributed by atoms with Crippen LogP contribution in [0.5, 0.6) is 5.75 Å². The fourth-order valence-electron chi connectivity index (χ4n) is 3.08. The highest BCUT2D eigenvalue weighted by atomic mass is 31.2. The number of aromatic hydroxyl groups is 1. The van der Waals surface area contributed by atoms with Gasteiger partial charge in [0, 0.05) is 26.0 Å². The van der Waals surface area contributed by atoms with Crippen LogP contribution in [0.3, 0.4) is 0 Å². The second-order valence-electron chi connectivity index (χ2n) is 6.81. The SMILES string of the molecule is Cn1c(=O)c(C(=O)NCCCP(O)O)c(O)c2ncc(Cc3ccc(F)cc3)cc21. The maximum Gasteiger partial charge on any atom is 0.267 e. The van der Waals surface area contributed by atoms with Gasteiger partial charge >= 0.3 is 0 Å². The van der Waals surface area contributed by atoms with Crippen molar-refractivity contribution >= 4 is 25.3 Å². The Morgan fingerprint density at radius 1 is 1.23 bits per heavy atom. The van der Waals surface area contributed by atoms with E-state index in [1.54, 1.807) is 18.2 Å². The number of benzene rings is 1. The molecule has 10 heteroatoms. The molecular formula is C20H21FN3O5P. The summed E-state index contributed by atoms with van der Waals surface area (Å²) in [6.45, 7) is 0.128. The molecule has 2 aromatic heterocycles. The van der Waals surface area contributed by atoms with Gasteiger partial charge in [-0.05, 0) is 42.2 Å². The summed E-state index contributed by atoms with van der Waals surface area (Å²) >= 11 is 0. The maximum atomic E-state index is 13.1. The van der Waals surface area contributed by atoms with Crippen molar-refractivity contribution in [2.24, 2.45) is 7.05 Å². The Kier molecular flexibility index (Phi) is 6.77. The lowest BCUT2D eigenvalue weighted by Crippen LogP contribution is -2.33. The third kappa shape index (κ3) is 4.81. The number of carbonyl (C=O) groups excluding carboxylic acids is 1. The second-order valence-corrected chi connectivity index (χ2v) is 8.00. The molecule has 8 nitrogen and oxygen atoms in total. The number of aryl methyl sites for hydroxylation is 1. The quantitative estimate of drug-likeness (QED) is 0.333. The van der Waals surface area contributed by atoms with Crippen molar-refractivity contribution in [3.05, 3.63) is 69.4 Å². The lowest BCUT2D eigenvalue weighted by Gasteiger charge is -2.13. The Morgan fingerprint density at radius 3 is 2.60 bits per heavy atom. The highest BCUT2D eigenvalue weighted by Gasteiger charge is 2.22. The topological polar surface area (TPSA) is 125 Å². The molecule has 0 spiro atoms. The predicted octanol–water partition coefficient (Wildman–Crippen LogP) is 1.79. The van der Waals surface area contributed by atoms with Crippen LogP contribution in [0.1, 0.15) is 27.9 Å². The molecule has 3 rings (SSSR count). The van der Waals surface area contributed by atoms with Gasteiger partial charge in [0.2, 0.25) is 0 Å². The number of hydrogen-bond donors (Lipinski definition) is 4.